The molecule has 0 bridgehead atoms. The lowest BCUT2D eigenvalue weighted by atomic mass is 10.0. The molecule has 1 aliphatic heterocycles. The van der Waals surface area contributed by atoms with Crippen LogP contribution in [-0.4, -0.2) is 34.8 Å². The highest BCUT2D eigenvalue weighted by atomic mass is 19.4. The molecule has 0 aromatic heterocycles. The zero-order valence-corrected chi connectivity index (χ0v) is 13.8. The first kappa shape index (κ1) is 20.7. The van der Waals surface area contributed by atoms with Crippen molar-refractivity contribution in [2.75, 3.05) is 0 Å². The molecule has 23 heavy (non-hydrogen) atoms. The van der Waals surface area contributed by atoms with Gasteiger partial charge >= 0.3 is 12.1 Å². The highest BCUT2D eigenvalue weighted by Gasteiger charge is 2.58. The minimum atomic E-state index is -4.06. The second-order valence-corrected chi connectivity index (χ2v) is 6.26. The van der Waals surface area contributed by atoms with E-state index in [1.165, 1.54) is 0 Å². The number of hydrogen-bond acceptors (Lipinski definition) is 4. The van der Waals surface area contributed by atoms with Crippen LogP contribution in [0.25, 0.3) is 0 Å². The normalized spacial score (nSPS) is 25.6. The Hall–Kier alpha value is -0.370. The van der Waals surface area contributed by atoms with Crippen LogP contribution in [0.1, 0.15) is 77.6 Å². The molecule has 138 valence electrons. The van der Waals surface area contributed by atoms with Gasteiger partial charge in [0.15, 0.2) is 0 Å². The molecular weight excluding hydrogens is 313 g/mol. The predicted octanol–water partition coefficient (Wildman–Crippen LogP) is 4.24. The summed E-state index contributed by atoms with van der Waals surface area (Å²) in [7, 11) is 0. The number of alkyl halides is 3. The summed E-state index contributed by atoms with van der Waals surface area (Å²) in [6, 6.07) is 0. The second-order valence-electron chi connectivity index (χ2n) is 6.26. The van der Waals surface area contributed by atoms with E-state index in [1.54, 1.807) is 0 Å². The third-order valence-electron chi connectivity index (χ3n) is 3.99. The molecule has 1 rings (SSSR count). The van der Waals surface area contributed by atoms with Gasteiger partial charge in [0.25, 0.3) is 0 Å². The molecule has 1 heterocycles. The van der Waals surface area contributed by atoms with Gasteiger partial charge in [0, 0.05) is 6.42 Å². The fraction of sp³-hybridized carbons (Fsp3) is 1.00. The van der Waals surface area contributed by atoms with Crippen molar-refractivity contribution in [3.8, 4) is 0 Å². The molecule has 4 nitrogen and oxygen atoms in total. The Morgan fingerprint density at radius 2 is 1.57 bits per heavy atom. The third-order valence-corrected chi connectivity index (χ3v) is 3.99. The van der Waals surface area contributed by atoms with E-state index < -0.39 is 24.9 Å². The van der Waals surface area contributed by atoms with Crippen molar-refractivity contribution in [1.82, 2.24) is 0 Å². The van der Waals surface area contributed by atoms with E-state index in [9.17, 15) is 18.3 Å². The van der Waals surface area contributed by atoms with Crippen molar-refractivity contribution in [1.29, 1.82) is 0 Å². The van der Waals surface area contributed by atoms with Crippen molar-refractivity contribution >= 4 is 0 Å². The fourth-order valence-electron chi connectivity index (χ4n) is 2.56. The van der Waals surface area contributed by atoms with Crippen molar-refractivity contribution in [3.05, 3.63) is 0 Å². The maximum atomic E-state index is 12.0. The van der Waals surface area contributed by atoms with Crippen molar-refractivity contribution in [2.24, 2.45) is 0 Å². The highest BCUT2D eigenvalue weighted by molar-refractivity contribution is 4.76. The molecule has 0 aromatic rings. The molecule has 0 amide bonds. The molecule has 1 aliphatic rings. The van der Waals surface area contributed by atoms with Gasteiger partial charge in [-0.15, -0.1) is 0 Å². The molecule has 0 radical (unpaired) electrons. The summed E-state index contributed by atoms with van der Waals surface area (Å²) >= 11 is 0. The van der Waals surface area contributed by atoms with Crippen molar-refractivity contribution in [2.45, 2.75) is 102 Å². The van der Waals surface area contributed by atoms with Gasteiger partial charge in [-0.3, -0.25) is 4.74 Å². The number of rotatable bonds is 13. The van der Waals surface area contributed by atoms with Crippen molar-refractivity contribution < 1.29 is 32.9 Å². The van der Waals surface area contributed by atoms with E-state index in [0.717, 1.165) is 44.9 Å². The molecular formula is C16H29F3O4. The van der Waals surface area contributed by atoms with E-state index in [-0.39, 0.29) is 12.5 Å². The number of halogens is 3. The Balaban J connectivity index is 2.13. The fourth-order valence-corrected chi connectivity index (χ4v) is 2.56. The molecule has 2 N–H and O–H groups in total. The summed E-state index contributed by atoms with van der Waals surface area (Å²) in [4.78, 5) is 0. The van der Waals surface area contributed by atoms with Gasteiger partial charge in [-0.05, 0) is 19.3 Å². The Bertz CT molecular complexity index is 325. The average molecular weight is 342 g/mol. The summed E-state index contributed by atoms with van der Waals surface area (Å²) in [5.41, 5.74) is 0. The van der Waals surface area contributed by atoms with Gasteiger partial charge in [0.2, 0.25) is 6.29 Å². The van der Waals surface area contributed by atoms with Crippen LogP contribution in [0.5, 0.6) is 0 Å². The topological polar surface area (TPSA) is 62.2 Å². The molecule has 0 aromatic carbocycles. The zero-order chi connectivity index (χ0) is 17.3. The number of ether oxygens (including phenoxy) is 2. The van der Waals surface area contributed by atoms with E-state index in [0.29, 0.717) is 12.8 Å². The second kappa shape index (κ2) is 9.81. The van der Waals surface area contributed by atoms with Crippen LogP contribution >= 0.6 is 0 Å². The van der Waals surface area contributed by atoms with Gasteiger partial charge in [-0.25, -0.2) is 0 Å². The first-order valence-electron chi connectivity index (χ1n) is 8.59. The van der Waals surface area contributed by atoms with Gasteiger partial charge in [0.05, 0.1) is 6.10 Å². The largest absolute Gasteiger partial charge is 0.389 e. The molecule has 0 aliphatic carbocycles. The number of hydrogen-bond donors (Lipinski definition) is 2. The van der Waals surface area contributed by atoms with E-state index in [4.69, 9.17) is 9.84 Å². The zero-order valence-electron chi connectivity index (χ0n) is 13.8. The smallest absolute Gasteiger partial charge is 0.362 e. The maximum Gasteiger partial charge on any atom is 0.389 e. The lowest BCUT2D eigenvalue weighted by Crippen LogP contribution is -2.27. The summed E-state index contributed by atoms with van der Waals surface area (Å²) < 4.78 is 46.1. The lowest BCUT2D eigenvalue weighted by molar-refractivity contribution is -0.226. The van der Waals surface area contributed by atoms with Gasteiger partial charge in [-0.1, -0.05) is 51.9 Å². The van der Waals surface area contributed by atoms with Crippen LogP contribution in [0.2, 0.25) is 0 Å². The minimum Gasteiger partial charge on any atom is -0.362 e. The van der Waals surface area contributed by atoms with Crippen molar-refractivity contribution in [3.63, 3.8) is 0 Å². The first-order valence-corrected chi connectivity index (χ1v) is 8.59. The van der Waals surface area contributed by atoms with Crippen LogP contribution in [0.4, 0.5) is 13.2 Å². The molecule has 3 atom stereocenters. The standard InChI is InChI=1S/C16H29F3O4/c1-2-3-7-10-13(22-16(21)14(20)23-16)11-8-5-4-6-9-12-15(17,18)19/h13-14,20-21H,2-12H2,1H3. The third kappa shape index (κ3) is 9.49. The molecule has 7 heteroatoms. The SMILES string of the molecule is CCCCCC(CCCCCCCC(F)(F)F)OC1(O)OC1O. The number of aliphatic hydroxyl groups is 2. The monoisotopic (exact) mass is 342 g/mol. The van der Waals surface area contributed by atoms with Gasteiger partial charge in [-0.2, -0.15) is 13.2 Å². The number of epoxide rings is 1. The van der Waals surface area contributed by atoms with Crippen LogP contribution in [0, 0.1) is 0 Å². The van der Waals surface area contributed by atoms with E-state index in [1.807, 2.05) is 0 Å². The Morgan fingerprint density at radius 1 is 1.04 bits per heavy atom. The lowest BCUT2D eigenvalue weighted by Gasteiger charge is -2.19. The maximum absolute atomic E-state index is 12.0. The average Bonchev–Trinajstić information content (AvgIpc) is 3.03. The molecule has 3 unspecified atom stereocenters. The Kier molecular flexibility index (Phi) is 8.82. The summed E-state index contributed by atoms with van der Waals surface area (Å²) in [6.07, 6.45) is 1.55. The van der Waals surface area contributed by atoms with Crippen LogP contribution in [-0.2, 0) is 9.47 Å². The van der Waals surface area contributed by atoms with E-state index in [2.05, 4.69) is 11.7 Å². The molecule has 0 spiro atoms. The molecule has 0 saturated carbocycles. The molecule has 1 fully saturated rings. The van der Waals surface area contributed by atoms with E-state index >= 15 is 0 Å². The number of aliphatic hydroxyl groups excluding tert-OH is 1. The number of unbranched alkanes of at least 4 members (excludes halogenated alkanes) is 6. The van der Waals surface area contributed by atoms with Crippen LogP contribution in [0.3, 0.4) is 0 Å². The van der Waals surface area contributed by atoms with Gasteiger partial charge < -0.3 is 14.9 Å². The molecule has 1 saturated heterocycles. The van der Waals surface area contributed by atoms with Crippen LogP contribution in [0.15, 0.2) is 0 Å². The highest BCUT2D eigenvalue weighted by Crippen LogP contribution is 2.35. The minimum absolute atomic E-state index is 0.180. The first-order chi connectivity index (χ1) is 10.8. The summed E-state index contributed by atoms with van der Waals surface area (Å²) in [6.45, 7) is 2.10. The Morgan fingerprint density at radius 3 is 2.09 bits per heavy atom. The van der Waals surface area contributed by atoms with Gasteiger partial charge in [0.1, 0.15) is 0 Å². The quantitative estimate of drug-likeness (QED) is 0.299. The Labute approximate surface area is 136 Å². The summed E-state index contributed by atoms with van der Waals surface area (Å²) in [5, 5.41) is 18.8. The summed E-state index contributed by atoms with van der Waals surface area (Å²) in [5.74, 6) is -1.86. The predicted molar refractivity (Wildman–Crippen MR) is 79.4 cm³/mol. The van der Waals surface area contributed by atoms with Crippen LogP contribution < -0.4 is 0 Å².